The summed E-state index contributed by atoms with van der Waals surface area (Å²) < 4.78 is 6.32. The van der Waals surface area contributed by atoms with Crippen molar-refractivity contribution in [1.82, 2.24) is 30.3 Å². The molecule has 168 valence electrons. The minimum absolute atomic E-state index is 0.0577. The van der Waals surface area contributed by atoms with Crippen molar-refractivity contribution in [2.45, 2.75) is 31.7 Å². The zero-order chi connectivity index (χ0) is 23.3. The van der Waals surface area contributed by atoms with Gasteiger partial charge in [-0.1, -0.05) is 40.2 Å². The number of nitrogens with one attached hydrogen (secondary N) is 1. The fourth-order valence-corrected chi connectivity index (χ4v) is 4.27. The van der Waals surface area contributed by atoms with Crippen LogP contribution in [0, 0.1) is 13.8 Å². The SMILES string of the molecule is CCOC(=O)CNC(=O)c1nnn(-c2cc(Cl)cc(Cl)c2)c1CSc1nc(C)cc(C)n1. The van der Waals surface area contributed by atoms with Crippen molar-refractivity contribution in [2.24, 2.45) is 0 Å². The number of esters is 1. The lowest BCUT2D eigenvalue weighted by molar-refractivity contribution is -0.141. The number of aromatic nitrogens is 5. The van der Waals surface area contributed by atoms with Gasteiger partial charge in [0.05, 0.1) is 18.0 Å². The maximum Gasteiger partial charge on any atom is 0.325 e. The molecule has 32 heavy (non-hydrogen) atoms. The van der Waals surface area contributed by atoms with Crippen molar-refractivity contribution >= 4 is 46.8 Å². The fourth-order valence-electron chi connectivity index (χ4n) is 2.82. The molecule has 0 saturated carbocycles. The number of nitrogens with zero attached hydrogens (tertiary/aromatic N) is 5. The van der Waals surface area contributed by atoms with Gasteiger partial charge in [0.25, 0.3) is 5.91 Å². The maximum atomic E-state index is 12.7. The van der Waals surface area contributed by atoms with Crippen LogP contribution < -0.4 is 5.32 Å². The predicted molar refractivity (Wildman–Crippen MR) is 121 cm³/mol. The number of halogens is 2. The van der Waals surface area contributed by atoms with Crippen molar-refractivity contribution in [3.63, 3.8) is 0 Å². The van der Waals surface area contributed by atoms with Gasteiger partial charge >= 0.3 is 5.97 Å². The van der Waals surface area contributed by atoms with Gasteiger partial charge in [-0.15, -0.1) is 5.10 Å². The van der Waals surface area contributed by atoms with E-state index < -0.39 is 11.9 Å². The highest BCUT2D eigenvalue weighted by Crippen LogP contribution is 2.26. The van der Waals surface area contributed by atoms with E-state index in [0.29, 0.717) is 26.6 Å². The van der Waals surface area contributed by atoms with Crippen LogP contribution in [-0.2, 0) is 15.3 Å². The summed E-state index contributed by atoms with van der Waals surface area (Å²) in [5, 5.41) is 12.0. The molecule has 1 aromatic carbocycles. The molecule has 1 amide bonds. The maximum absolute atomic E-state index is 12.7. The van der Waals surface area contributed by atoms with Gasteiger partial charge in [-0.3, -0.25) is 9.59 Å². The Labute approximate surface area is 198 Å². The van der Waals surface area contributed by atoms with Crippen LogP contribution in [0.25, 0.3) is 5.69 Å². The first kappa shape index (κ1) is 24.0. The summed E-state index contributed by atoms with van der Waals surface area (Å²) in [5.74, 6) is -0.828. The number of carbonyl (C=O) groups is 2. The summed E-state index contributed by atoms with van der Waals surface area (Å²) in [6.45, 7) is 5.39. The van der Waals surface area contributed by atoms with Crippen molar-refractivity contribution in [2.75, 3.05) is 13.2 Å². The standard InChI is InChI=1S/C20H20Cl2N6O3S/c1-4-31-17(29)9-23-19(30)18-16(10-32-20-24-11(2)5-12(3)25-20)28(27-26-18)15-7-13(21)6-14(22)8-15/h5-8H,4,9-10H2,1-3H3,(H,23,30). The minimum atomic E-state index is -0.561. The zero-order valence-corrected chi connectivity index (χ0v) is 19.9. The topological polar surface area (TPSA) is 112 Å². The lowest BCUT2D eigenvalue weighted by Crippen LogP contribution is -2.31. The van der Waals surface area contributed by atoms with Gasteiger partial charge in [-0.25, -0.2) is 14.6 Å². The second-order valence-electron chi connectivity index (χ2n) is 6.63. The summed E-state index contributed by atoms with van der Waals surface area (Å²) in [7, 11) is 0. The molecule has 3 aromatic rings. The Kier molecular flexibility index (Phi) is 8.05. The Morgan fingerprint density at radius 2 is 1.75 bits per heavy atom. The number of thioether (sulfide) groups is 1. The number of hydrogen-bond donors (Lipinski definition) is 1. The summed E-state index contributed by atoms with van der Waals surface area (Å²) in [5.41, 5.74) is 2.73. The van der Waals surface area contributed by atoms with Gasteiger partial charge in [-0.2, -0.15) is 0 Å². The number of carbonyl (C=O) groups excluding carboxylic acids is 2. The molecule has 12 heteroatoms. The third-order valence-electron chi connectivity index (χ3n) is 4.07. The zero-order valence-electron chi connectivity index (χ0n) is 17.6. The first-order valence-electron chi connectivity index (χ1n) is 9.56. The van der Waals surface area contributed by atoms with E-state index in [1.165, 1.54) is 16.4 Å². The monoisotopic (exact) mass is 494 g/mol. The normalized spacial score (nSPS) is 10.8. The molecule has 0 bridgehead atoms. The van der Waals surface area contributed by atoms with Gasteiger partial charge in [-0.05, 0) is 45.0 Å². The van der Waals surface area contributed by atoms with Gasteiger partial charge in [0.1, 0.15) is 6.54 Å². The van der Waals surface area contributed by atoms with Crippen LogP contribution in [0.5, 0.6) is 0 Å². The summed E-state index contributed by atoms with van der Waals surface area (Å²) in [6.07, 6.45) is 0. The van der Waals surface area contributed by atoms with E-state index in [2.05, 4.69) is 25.6 Å². The third kappa shape index (κ3) is 6.18. The van der Waals surface area contributed by atoms with E-state index in [0.717, 1.165) is 11.4 Å². The van der Waals surface area contributed by atoms with E-state index in [1.807, 2.05) is 19.9 Å². The molecule has 0 fully saturated rings. The quantitative estimate of drug-likeness (QED) is 0.287. The molecule has 2 aromatic heterocycles. The second kappa shape index (κ2) is 10.8. The van der Waals surface area contributed by atoms with Crippen molar-refractivity contribution in [3.8, 4) is 5.69 Å². The molecule has 1 N–H and O–H groups in total. The number of amides is 1. The number of benzene rings is 1. The van der Waals surface area contributed by atoms with Gasteiger partial charge in [0.15, 0.2) is 10.9 Å². The number of aryl methyl sites for hydroxylation is 2. The van der Waals surface area contributed by atoms with Crippen LogP contribution >= 0.6 is 35.0 Å². The average Bonchev–Trinajstić information content (AvgIpc) is 3.13. The highest BCUT2D eigenvalue weighted by molar-refractivity contribution is 7.98. The molecule has 0 spiro atoms. The molecule has 0 saturated heterocycles. The highest BCUT2D eigenvalue weighted by atomic mass is 35.5. The van der Waals surface area contributed by atoms with Gasteiger partial charge in [0.2, 0.25) is 0 Å². The van der Waals surface area contributed by atoms with E-state index in [4.69, 9.17) is 27.9 Å². The number of rotatable bonds is 8. The Bertz CT molecular complexity index is 1110. The summed E-state index contributed by atoms with van der Waals surface area (Å²) in [4.78, 5) is 33.2. The van der Waals surface area contributed by atoms with Crippen LogP contribution in [0.15, 0.2) is 29.4 Å². The summed E-state index contributed by atoms with van der Waals surface area (Å²) in [6, 6.07) is 6.78. The Hall–Kier alpha value is -2.69. The first-order valence-corrected chi connectivity index (χ1v) is 11.3. The largest absolute Gasteiger partial charge is 0.465 e. The van der Waals surface area contributed by atoms with Crippen molar-refractivity contribution < 1.29 is 14.3 Å². The molecule has 0 aliphatic carbocycles. The smallest absolute Gasteiger partial charge is 0.325 e. The van der Waals surface area contributed by atoms with E-state index in [9.17, 15) is 9.59 Å². The molecular formula is C20H20Cl2N6O3S. The molecule has 0 atom stereocenters. The number of ether oxygens (including phenoxy) is 1. The Morgan fingerprint density at radius 3 is 2.38 bits per heavy atom. The second-order valence-corrected chi connectivity index (χ2v) is 8.45. The highest BCUT2D eigenvalue weighted by Gasteiger charge is 2.22. The third-order valence-corrected chi connectivity index (χ3v) is 5.36. The van der Waals surface area contributed by atoms with E-state index in [-0.39, 0.29) is 24.6 Å². The first-order chi connectivity index (χ1) is 15.3. The van der Waals surface area contributed by atoms with Crippen LogP contribution in [-0.4, -0.2) is 50.0 Å². The fraction of sp³-hybridized carbons (Fsp3) is 0.300. The lowest BCUT2D eigenvalue weighted by atomic mass is 10.2. The average molecular weight is 495 g/mol. The molecule has 3 rings (SSSR count). The lowest BCUT2D eigenvalue weighted by Gasteiger charge is -2.09. The van der Waals surface area contributed by atoms with Crippen molar-refractivity contribution in [1.29, 1.82) is 0 Å². The van der Waals surface area contributed by atoms with Crippen LogP contribution in [0.2, 0.25) is 10.0 Å². The molecule has 9 nitrogen and oxygen atoms in total. The molecule has 0 aliphatic heterocycles. The summed E-state index contributed by atoms with van der Waals surface area (Å²) >= 11 is 13.6. The van der Waals surface area contributed by atoms with Gasteiger partial charge in [0, 0.05) is 27.2 Å². The van der Waals surface area contributed by atoms with Crippen molar-refractivity contribution in [3.05, 3.63) is 57.1 Å². The minimum Gasteiger partial charge on any atom is -0.465 e. The van der Waals surface area contributed by atoms with E-state index >= 15 is 0 Å². The van der Waals surface area contributed by atoms with Gasteiger partial charge < -0.3 is 10.1 Å². The Morgan fingerprint density at radius 1 is 1.09 bits per heavy atom. The predicted octanol–water partition coefficient (Wildman–Crippen LogP) is 3.57. The molecule has 2 heterocycles. The Balaban J connectivity index is 1.93. The molecule has 0 aliphatic rings. The molecule has 0 radical (unpaired) electrons. The van der Waals surface area contributed by atoms with E-state index in [1.54, 1.807) is 25.1 Å². The number of hydrogen-bond acceptors (Lipinski definition) is 8. The molecule has 0 unspecified atom stereocenters. The van der Waals surface area contributed by atoms with Crippen LogP contribution in [0.1, 0.15) is 34.5 Å². The molecular weight excluding hydrogens is 475 g/mol. The van der Waals surface area contributed by atoms with Crippen LogP contribution in [0.3, 0.4) is 0 Å². The van der Waals surface area contributed by atoms with Crippen LogP contribution in [0.4, 0.5) is 0 Å².